The third-order valence-electron chi connectivity index (χ3n) is 6.67. The Morgan fingerprint density at radius 1 is 1.17 bits per heavy atom. The number of rotatable bonds is 3. The van der Waals surface area contributed by atoms with Crippen LogP contribution in [0.1, 0.15) is 41.0 Å². The zero-order chi connectivity index (χ0) is 20.1. The fourth-order valence-corrected chi connectivity index (χ4v) is 5.05. The third-order valence-corrected chi connectivity index (χ3v) is 6.67. The minimum Gasteiger partial charge on any atom is -0.390 e. The van der Waals surface area contributed by atoms with Crippen molar-refractivity contribution in [2.75, 3.05) is 6.54 Å². The molecule has 1 saturated carbocycles. The smallest absolute Gasteiger partial charge is 0.143 e. The maximum absolute atomic E-state index is 11.2. The lowest BCUT2D eigenvalue weighted by Gasteiger charge is -2.27. The quantitative estimate of drug-likeness (QED) is 0.536. The van der Waals surface area contributed by atoms with E-state index in [-0.39, 0.29) is 6.04 Å². The van der Waals surface area contributed by atoms with Crippen molar-refractivity contribution in [3.8, 4) is 0 Å². The van der Waals surface area contributed by atoms with Gasteiger partial charge in [0.1, 0.15) is 18.1 Å². The van der Waals surface area contributed by atoms with Gasteiger partial charge in [-0.3, -0.25) is 0 Å². The molecule has 29 heavy (non-hydrogen) atoms. The molecule has 4 N–H and O–H groups in total. The fourth-order valence-electron chi connectivity index (χ4n) is 5.05. The molecule has 2 unspecified atom stereocenters. The Balaban J connectivity index is 1.48. The van der Waals surface area contributed by atoms with Crippen molar-refractivity contribution < 1.29 is 15.3 Å². The Morgan fingerprint density at radius 2 is 2.03 bits per heavy atom. The summed E-state index contributed by atoms with van der Waals surface area (Å²) in [4.78, 5) is 8.60. The van der Waals surface area contributed by atoms with Gasteiger partial charge in [-0.1, -0.05) is 18.2 Å². The molecule has 0 saturated heterocycles. The van der Waals surface area contributed by atoms with Crippen LogP contribution >= 0.6 is 0 Å². The zero-order valence-electron chi connectivity index (χ0n) is 16.4. The molecule has 1 aliphatic heterocycles. The van der Waals surface area contributed by atoms with Crippen LogP contribution in [0.3, 0.4) is 0 Å². The number of aliphatic hydroxyl groups excluding tert-OH is 3. The number of nitrogens with zero attached hydrogens (tertiary/aromatic N) is 3. The normalized spacial score (nSPS) is 27.9. The van der Waals surface area contributed by atoms with Crippen LogP contribution in [-0.4, -0.2) is 48.6 Å². The Labute approximate surface area is 169 Å². The van der Waals surface area contributed by atoms with Crippen molar-refractivity contribution in [2.45, 2.75) is 50.7 Å². The number of aryl methyl sites for hydroxylation is 1. The van der Waals surface area contributed by atoms with Crippen molar-refractivity contribution in [3.05, 3.63) is 59.2 Å². The summed E-state index contributed by atoms with van der Waals surface area (Å²) >= 11 is 0. The Kier molecular flexibility index (Phi) is 4.63. The highest BCUT2D eigenvalue weighted by Crippen LogP contribution is 2.44. The molecule has 3 heterocycles. The van der Waals surface area contributed by atoms with E-state index in [9.17, 15) is 15.3 Å². The number of nitrogens with one attached hydrogen (secondary N) is 1. The molecular weight excluding hydrogens is 368 g/mol. The van der Waals surface area contributed by atoms with Gasteiger partial charge in [-0.15, -0.1) is 0 Å². The molecule has 5 rings (SSSR count). The predicted octanol–water partition coefficient (Wildman–Crippen LogP) is 1.40. The predicted molar refractivity (Wildman–Crippen MR) is 108 cm³/mol. The van der Waals surface area contributed by atoms with Crippen LogP contribution in [0, 0.1) is 12.8 Å². The second-order valence-electron chi connectivity index (χ2n) is 8.22. The fraction of sp³-hybridized carbons (Fsp3) is 0.455. The monoisotopic (exact) mass is 394 g/mol. The van der Waals surface area contributed by atoms with E-state index in [4.69, 9.17) is 0 Å². The minimum absolute atomic E-state index is 0.353. The summed E-state index contributed by atoms with van der Waals surface area (Å²) in [5.41, 5.74) is 4.83. The first kappa shape index (κ1) is 18.7. The van der Waals surface area contributed by atoms with Crippen molar-refractivity contribution in [2.24, 2.45) is 5.92 Å². The van der Waals surface area contributed by atoms with E-state index in [1.54, 1.807) is 0 Å². The van der Waals surface area contributed by atoms with Crippen molar-refractivity contribution in [3.63, 3.8) is 0 Å². The summed E-state index contributed by atoms with van der Waals surface area (Å²) in [7, 11) is 0. The number of benzene rings is 1. The largest absolute Gasteiger partial charge is 0.390 e. The van der Waals surface area contributed by atoms with Crippen LogP contribution in [0.2, 0.25) is 0 Å². The highest BCUT2D eigenvalue weighted by molar-refractivity contribution is 5.78. The topological polar surface area (TPSA) is 103 Å². The minimum atomic E-state index is -1.01. The highest BCUT2D eigenvalue weighted by Gasteiger charge is 2.46. The SMILES string of the molecule is Cc1ncnc2c1ccn2C1CC([C@@H](O)c2cccc3c2CNCC3)[C@@H](O)[C@H]1O. The van der Waals surface area contributed by atoms with E-state index in [0.29, 0.717) is 6.42 Å². The van der Waals surface area contributed by atoms with E-state index in [1.165, 1.54) is 11.9 Å². The molecule has 0 bridgehead atoms. The maximum Gasteiger partial charge on any atom is 0.143 e. The van der Waals surface area contributed by atoms with Crippen molar-refractivity contribution >= 4 is 11.0 Å². The Bertz CT molecular complexity index is 1050. The van der Waals surface area contributed by atoms with Gasteiger partial charge in [0.25, 0.3) is 0 Å². The van der Waals surface area contributed by atoms with Crippen LogP contribution in [0.25, 0.3) is 11.0 Å². The molecule has 1 fully saturated rings. The number of aliphatic hydroxyl groups is 3. The van der Waals surface area contributed by atoms with Crippen LogP contribution in [-0.2, 0) is 13.0 Å². The van der Waals surface area contributed by atoms with Gasteiger partial charge in [-0.2, -0.15) is 0 Å². The molecule has 0 radical (unpaired) electrons. The molecule has 2 aromatic heterocycles. The molecule has 5 atom stereocenters. The summed E-state index contributed by atoms with van der Waals surface area (Å²) in [5.74, 6) is -0.455. The Hall–Kier alpha value is -2.32. The standard InChI is InChI=1S/C22H26N4O3/c1-12-14-6-8-26(22(14)25-11-24-12)18-9-16(20(28)21(18)29)19(27)15-4-2-3-13-5-7-23-10-17(13)15/h2-4,6,8,11,16,18-21,23,27-29H,5,7,9-10H2,1H3/t16?,18?,19-,20+,21-/m0/s1. The van der Waals surface area contributed by atoms with Crippen molar-refractivity contribution in [1.29, 1.82) is 0 Å². The molecule has 1 aromatic carbocycles. The van der Waals surface area contributed by atoms with E-state index in [0.717, 1.165) is 47.4 Å². The summed E-state index contributed by atoms with van der Waals surface area (Å²) in [5, 5.41) is 37.1. The average molecular weight is 394 g/mol. The molecule has 7 nitrogen and oxygen atoms in total. The highest BCUT2D eigenvalue weighted by atomic mass is 16.3. The van der Waals surface area contributed by atoms with Crippen LogP contribution in [0.4, 0.5) is 0 Å². The number of hydrogen-bond acceptors (Lipinski definition) is 6. The lowest BCUT2D eigenvalue weighted by Crippen LogP contribution is -2.32. The van der Waals surface area contributed by atoms with E-state index < -0.39 is 24.2 Å². The molecule has 0 spiro atoms. The molecule has 3 aromatic rings. The summed E-state index contributed by atoms with van der Waals surface area (Å²) in [6, 6.07) is 7.59. The number of fused-ring (bicyclic) bond motifs is 2. The summed E-state index contributed by atoms with van der Waals surface area (Å²) < 4.78 is 1.91. The zero-order valence-corrected chi connectivity index (χ0v) is 16.4. The second-order valence-corrected chi connectivity index (χ2v) is 8.22. The van der Waals surface area contributed by atoms with E-state index in [1.807, 2.05) is 35.9 Å². The van der Waals surface area contributed by atoms with Crippen LogP contribution in [0.15, 0.2) is 36.8 Å². The lowest BCUT2D eigenvalue weighted by molar-refractivity contribution is -0.0267. The molecule has 152 valence electrons. The van der Waals surface area contributed by atoms with Gasteiger partial charge in [0, 0.05) is 24.0 Å². The van der Waals surface area contributed by atoms with Gasteiger partial charge in [-0.05, 0) is 49.1 Å². The first-order valence-corrected chi connectivity index (χ1v) is 10.2. The van der Waals surface area contributed by atoms with Gasteiger partial charge in [-0.25, -0.2) is 9.97 Å². The summed E-state index contributed by atoms with van der Waals surface area (Å²) in [6.45, 7) is 3.57. The average Bonchev–Trinajstić information content (AvgIpc) is 3.29. The number of aromatic nitrogens is 3. The molecule has 1 aliphatic carbocycles. The molecule has 0 amide bonds. The van der Waals surface area contributed by atoms with E-state index in [2.05, 4.69) is 21.4 Å². The van der Waals surface area contributed by atoms with E-state index >= 15 is 0 Å². The van der Waals surface area contributed by atoms with Gasteiger partial charge < -0.3 is 25.2 Å². The van der Waals surface area contributed by atoms with Gasteiger partial charge in [0.2, 0.25) is 0 Å². The number of hydrogen-bond donors (Lipinski definition) is 4. The molecule has 7 heteroatoms. The maximum atomic E-state index is 11.2. The van der Waals surface area contributed by atoms with Gasteiger partial charge in [0.15, 0.2) is 0 Å². The van der Waals surface area contributed by atoms with Gasteiger partial charge in [0.05, 0.1) is 23.9 Å². The second kappa shape index (κ2) is 7.18. The van der Waals surface area contributed by atoms with Crippen LogP contribution in [0.5, 0.6) is 0 Å². The third kappa shape index (κ3) is 2.97. The first-order valence-electron chi connectivity index (χ1n) is 10.2. The Morgan fingerprint density at radius 3 is 2.90 bits per heavy atom. The first-order chi connectivity index (χ1) is 14.1. The van der Waals surface area contributed by atoms with Crippen LogP contribution < -0.4 is 5.32 Å². The van der Waals surface area contributed by atoms with Crippen molar-refractivity contribution in [1.82, 2.24) is 19.9 Å². The van der Waals surface area contributed by atoms with Gasteiger partial charge >= 0.3 is 0 Å². The summed E-state index contributed by atoms with van der Waals surface area (Å²) in [6.07, 6.45) is 1.98. The lowest BCUT2D eigenvalue weighted by atomic mass is 9.86. The molecular formula is C22H26N4O3. The molecule has 2 aliphatic rings.